The maximum absolute atomic E-state index is 14.0. The molecule has 1 unspecified atom stereocenters. The zero-order valence-electron chi connectivity index (χ0n) is 11.1. The van der Waals surface area contributed by atoms with Crippen molar-refractivity contribution >= 4 is 15.7 Å². The summed E-state index contributed by atoms with van der Waals surface area (Å²) in [5.74, 6) is -0.455. The molecule has 1 aromatic carbocycles. The van der Waals surface area contributed by atoms with Crippen LogP contribution in [0.2, 0.25) is 0 Å². The minimum absolute atomic E-state index is 0.214. The Labute approximate surface area is 118 Å². The smallest absolute Gasteiger partial charge is 0.209 e. The van der Waals surface area contributed by atoms with E-state index in [9.17, 15) is 12.8 Å². The number of nitriles is 1. The first kappa shape index (κ1) is 14.8. The number of piperidine rings is 1. The molecule has 1 aromatic rings. The van der Waals surface area contributed by atoms with Crippen LogP contribution in [0, 0.1) is 17.1 Å². The fraction of sp³-hybridized carbons (Fsp3) is 0.462. The number of nitrogens with zero attached hydrogens (tertiary/aromatic N) is 2. The lowest BCUT2D eigenvalue weighted by Crippen LogP contribution is -2.47. The van der Waals surface area contributed by atoms with E-state index in [4.69, 9.17) is 5.26 Å². The van der Waals surface area contributed by atoms with Crippen LogP contribution < -0.4 is 9.62 Å². The molecule has 0 aromatic heterocycles. The number of benzene rings is 1. The predicted octanol–water partition coefficient (Wildman–Crippen LogP) is 1.22. The van der Waals surface area contributed by atoms with Crippen molar-refractivity contribution in [2.24, 2.45) is 0 Å². The molecule has 1 atom stereocenters. The highest BCUT2D eigenvalue weighted by molar-refractivity contribution is 7.88. The average Bonchev–Trinajstić information content (AvgIpc) is 2.36. The molecule has 0 saturated carbocycles. The van der Waals surface area contributed by atoms with Gasteiger partial charge in [-0.05, 0) is 31.0 Å². The molecule has 0 aliphatic carbocycles. The SMILES string of the molecule is CS(=O)(=O)NC1CCCN(c2ccc(C#N)cc2F)C1. The van der Waals surface area contributed by atoms with Crippen molar-refractivity contribution in [3.8, 4) is 6.07 Å². The van der Waals surface area contributed by atoms with E-state index in [0.29, 0.717) is 18.8 Å². The van der Waals surface area contributed by atoms with E-state index >= 15 is 0 Å². The first-order chi connectivity index (χ1) is 9.39. The van der Waals surface area contributed by atoms with E-state index in [1.165, 1.54) is 6.07 Å². The lowest BCUT2D eigenvalue weighted by atomic mass is 10.1. The fourth-order valence-electron chi connectivity index (χ4n) is 2.43. The van der Waals surface area contributed by atoms with Gasteiger partial charge in [0.05, 0.1) is 23.6 Å². The summed E-state index contributed by atoms with van der Waals surface area (Å²) in [6, 6.07) is 6.00. The zero-order valence-corrected chi connectivity index (χ0v) is 12.0. The molecule has 1 saturated heterocycles. The van der Waals surface area contributed by atoms with E-state index in [2.05, 4.69) is 4.72 Å². The molecular formula is C13H16FN3O2S. The molecule has 1 fully saturated rings. The molecule has 1 aliphatic rings. The van der Waals surface area contributed by atoms with Crippen LogP contribution in [0.25, 0.3) is 0 Å². The topological polar surface area (TPSA) is 73.2 Å². The highest BCUT2D eigenvalue weighted by atomic mass is 32.2. The minimum Gasteiger partial charge on any atom is -0.368 e. The van der Waals surface area contributed by atoms with Crippen LogP contribution >= 0.6 is 0 Å². The van der Waals surface area contributed by atoms with Crippen LogP contribution in [-0.4, -0.2) is 33.8 Å². The quantitative estimate of drug-likeness (QED) is 0.910. The second-order valence-electron chi connectivity index (χ2n) is 4.95. The van der Waals surface area contributed by atoms with Gasteiger partial charge in [0.1, 0.15) is 5.82 Å². The third kappa shape index (κ3) is 3.68. The zero-order chi connectivity index (χ0) is 14.8. The molecule has 20 heavy (non-hydrogen) atoms. The van der Waals surface area contributed by atoms with E-state index in [-0.39, 0.29) is 11.6 Å². The van der Waals surface area contributed by atoms with Gasteiger partial charge in [0.15, 0.2) is 0 Å². The Bertz CT molecular complexity index is 640. The van der Waals surface area contributed by atoms with E-state index in [1.807, 2.05) is 11.0 Å². The van der Waals surface area contributed by atoms with Crippen LogP contribution in [0.15, 0.2) is 18.2 Å². The predicted molar refractivity (Wildman–Crippen MR) is 74.3 cm³/mol. The average molecular weight is 297 g/mol. The summed E-state index contributed by atoms with van der Waals surface area (Å²) >= 11 is 0. The summed E-state index contributed by atoms with van der Waals surface area (Å²) in [4.78, 5) is 1.81. The van der Waals surface area contributed by atoms with E-state index in [0.717, 1.165) is 19.1 Å². The molecule has 0 radical (unpaired) electrons. The molecule has 108 valence electrons. The number of sulfonamides is 1. The standard InChI is InChI=1S/C13H16FN3O2S/c1-20(18,19)16-11-3-2-6-17(9-11)13-5-4-10(8-15)7-12(13)14/h4-5,7,11,16H,2-3,6,9H2,1H3. The molecule has 1 heterocycles. The lowest BCUT2D eigenvalue weighted by molar-refractivity contribution is 0.463. The molecule has 0 spiro atoms. The van der Waals surface area contributed by atoms with Crippen LogP contribution in [0.3, 0.4) is 0 Å². The van der Waals surface area contributed by atoms with Crippen molar-refractivity contribution < 1.29 is 12.8 Å². The summed E-state index contributed by atoms with van der Waals surface area (Å²) in [5.41, 5.74) is 0.679. The summed E-state index contributed by atoms with van der Waals surface area (Å²) in [6.45, 7) is 1.10. The highest BCUT2D eigenvalue weighted by Crippen LogP contribution is 2.24. The van der Waals surface area contributed by atoms with Crippen molar-refractivity contribution in [1.82, 2.24) is 4.72 Å². The Morgan fingerprint density at radius 3 is 2.85 bits per heavy atom. The van der Waals surface area contributed by atoms with Crippen LogP contribution in [0.5, 0.6) is 0 Å². The highest BCUT2D eigenvalue weighted by Gasteiger charge is 2.24. The molecule has 7 heteroatoms. The van der Waals surface area contributed by atoms with Gasteiger partial charge in [-0.15, -0.1) is 0 Å². The Morgan fingerprint density at radius 1 is 1.50 bits per heavy atom. The van der Waals surface area contributed by atoms with Gasteiger partial charge >= 0.3 is 0 Å². The molecule has 0 bridgehead atoms. The maximum atomic E-state index is 14.0. The summed E-state index contributed by atoms with van der Waals surface area (Å²) in [7, 11) is -3.26. The van der Waals surface area contributed by atoms with Gasteiger partial charge in [0.25, 0.3) is 0 Å². The summed E-state index contributed by atoms with van der Waals surface area (Å²) < 4.78 is 39.0. The fourth-order valence-corrected chi connectivity index (χ4v) is 3.23. The van der Waals surface area contributed by atoms with E-state index < -0.39 is 15.8 Å². The van der Waals surface area contributed by atoms with Crippen LogP contribution in [0.4, 0.5) is 10.1 Å². The van der Waals surface area contributed by atoms with Gasteiger partial charge in [-0.2, -0.15) is 5.26 Å². The molecular weight excluding hydrogens is 281 g/mol. The normalized spacial score (nSPS) is 19.6. The molecule has 1 N–H and O–H groups in total. The summed E-state index contributed by atoms with van der Waals surface area (Å²) in [5, 5.41) is 8.73. The Balaban J connectivity index is 2.15. The Morgan fingerprint density at radius 2 is 2.25 bits per heavy atom. The number of halogens is 1. The van der Waals surface area contributed by atoms with Crippen molar-refractivity contribution in [3.63, 3.8) is 0 Å². The van der Waals surface area contributed by atoms with Crippen molar-refractivity contribution in [2.45, 2.75) is 18.9 Å². The van der Waals surface area contributed by atoms with Gasteiger partial charge < -0.3 is 4.90 Å². The second-order valence-corrected chi connectivity index (χ2v) is 6.73. The Kier molecular flexibility index (Phi) is 4.26. The third-order valence-corrected chi connectivity index (χ3v) is 3.98. The second kappa shape index (κ2) is 5.77. The largest absolute Gasteiger partial charge is 0.368 e. The van der Waals surface area contributed by atoms with E-state index in [1.54, 1.807) is 12.1 Å². The van der Waals surface area contributed by atoms with Gasteiger partial charge in [0.2, 0.25) is 10.0 Å². The minimum atomic E-state index is -3.26. The monoisotopic (exact) mass is 297 g/mol. The van der Waals surface area contributed by atoms with Crippen LogP contribution in [-0.2, 0) is 10.0 Å². The number of hydrogen-bond acceptors (Lipinski definition) is 4. The van der Waals surface area contributed by atoms with Crippen LogP contribution in [0.1, 0.15) is 18.4 Å². The molecule has 2 rings (SSSR count). The number of anilines is 1. The van der Waals surface area contributed by atoms with Gasteiger partial charge in [-0.3, -0.25) is 0 Å². The first-order valence-corrected chi connectivity index (χ1v) is 8.20. The number of nitrogens with one attached hydrogen (secondary N) is 1. The van der Waals surface area contributed by atoms with Crippen molar-refractivity contribution in [1.29, 1.82) is 5.26 Å². The van der Waals surface area contributed by atoms with Gasteiger partial charge in [0, 0.05) is 19.1 Å². The molecule has 5 nitrogen and oxygen atoms in total. The van der Waals surface area contributed by atoms with Crippen molar-refractivity contribution in [2.75, 3.05) is 24.2 Å². The van der Waals surface area contributed by atoms with Gasteiger partial charge in [-0.25, -0.2) is 17.5 Å². The summed E-state index contributed by atoms with van der Waals surface area (Å²) in [6.07, 6.45) is 2.64. The molecule has 1 aliphatic heterocycles. The van der Waals surface area contributed by atoms with Gasteiger partial charge in [-0.1, -0.05) is 0 Å². The van der Waals surface area contributed by atoms with Crippen molar-refractivity contribution in [3.05, 3.63) is 29.6 Å². The maximum Gasteiger partial charge on any atom is 0.209 e. The Hall–Kier alpha value is -1.65. The number of hydrogen-bond donors (Lipinski definition) is 1. The molecule has 0 amide bonds. The number of rotatable bonds is 3. The third-order valence-electron chi connectivity index (χ3n) is 3.22. The lowest BCUT2D eigenvalue weighted by Gasteiger charge is -2.34. The first-order valence-electron chi connectivity index (χ1n) is 6.31.